The predicted molar refractivity (Wildman–Crippen MR) is 76.3 cm³/mol. The van der Waals surface area contributed by atoms with Crippen LogP contribution in [0.2, 0.25) is 4.34 Å². The quantitative estimate of drug-likeness (QED) is 0.783. The highest BCUT2D eigenvalue weighted by atomic mass is 35.5. The number of carbonyl (C=O) groups excluding carboxylic acids is 1. The van der Waals surface area contributed by atoms with Crippen LogP contribution in [-0.2, 0) is 9.47 Å². The lowest BCUT2D eigenvalue weighted by Crippen LogP contribution is -2.38. The van der Waals surface area contributed by atoms with Crippen molar-refractivity contribution in [3.63, 3.8) is 0 Å². The van der Waals surface area contributed by atoms with Gasteiger partial charge in [-0.3, -0.25) is 9.69 Å². The van der Waals surface area contributed by atoms with Gasteiger partial charge in [0.2, 0.25) is 0 Å². The lowest BCUT2D eigenvalue weighted by molar-refractivity contribution is -0.00461. The molecule has 1 fully saturated rings. The average molecular weight is 304 g/mol. The molecule has 0 aliphatic carbocycles. The number of hydrogen-bond acceptors (Lipinski definition) is 5. The Morgan fingerprint density at radius 1 is 1.37 bits per heavy atom. The molecule has 1 aromatic rings. The molecule has 0 bridgehead atoms. The number of Topliss-reactive ketones (excluding diaryl/α,β-unsaturated/α-hetero) is 1. The molecule has 1 aliphatic heterocycles. The first kappa shape index (κ1) is 14.9. The van der Waals surface area contributed by atoms with Crippen molar-refractivity contribution < 1.29 is 14.3 Å². The van der Waals surface area contributed by atoms with Gasteiger partial charge in [-0.05, 0) is 19.1 Å². The van der Waals surface area contributed by atoms with Crippen molar-refractivity contribution in [2.75, 3.05) is 27.3 Å². The zero-order chi connectivity index (χ0) is 14.0. The van der Waals surface area contributed by atoms with Crippen molar-refractivity contribution in [3.05, 3.63) is 21.3 Å². The normalized spacial score (nSPS) is 25.7. The molecule has 2 heterocycles. The smallest absolute Gasteiger partial charge is 0.189 e. The van der Waals surface area contributed by atoms with Gasteiger partial charge in [-0.2, -0.15) is 0 Å². The number of ether oxygens (including phenoxy) is 2. The zero-order valence-corrected chi connectivity index (χ0v) is 12.8. The molecule has 2 rings (SSSR count). The van der Waals surface area contributed by atoms with Crippen LogP contribution in [0, 0.1) is 0 Å². The summed E-state index contributed by atoms with van der Waals surface area (Å²) in [6, 6.07) is 3.35. The first-order valence-electron chi connectivity index (χ1n) is 6.16. The maximum atomic E-state index is 12.4. The van der Waals surface area contributed by atoms with Gasteiger partial charge >= 0.3 is 0 Å². The van der Waals surface area contributed by atoms with Crippen LogP contribution in [0.5, 0.6) is 0 Å². The lowest BCUT2D eigenvalue weighted by Gasteiger charge is -2.22. The highest BCUT2D eigenvalue weighted by Gasteiger charge is 2.37. The summed E-state index contributed by atoms with van der Waals surface area (Å²) in [4.78, 5) is 15.2. The van der Waals surface area contributed by atoms with Crippen LogP contribution >= 0.6 is 22.9 Å². The van der Waals surface area contributed by atoms with E-state index in [1.54, 1.807) is 26.4 Å². The van der Waals surface area contributed by atoms with Crippen LogP contribution in [0.4, 0.5) is 0 Å². The summed E-state index contributed by atoms with van der Waals surface area (Å²) < 4.78 is 11.4. The molecule has 1 aromatic heterocycles. The molecular formula is C13H18ClNO3S. The van der Waals surface area contributed by atoms with Gasteiger partial charge < -0.3 is 9.47 Å². The number of carbonyl (C=O) groups is 1. The fourth-order valence-electron chi connectivity index (χ4n) is 2.36. The number of likely N-dealkylation sites (tertiary alicyclic amines) is 1. The molecule has 6 heteroatoms. The van der Waals surface area contributed by atoms with Crippen molar-refractivity contribution in [3.8, 4) is 0 Å². The van der Waals surface area contributed by atoms with Gasteiger partial charge in [-0.25, -0.2) is 0 Å². The number of nitrogens with zero attached hydrogens (tertiary/aromatic N) is 1. The second-order valence-corrected chi connectivity index (χ2v) is 6.36. The van der Waals surface area contributed by atoms with Crippen LogP contribution in [0.25, 0.3) is 0 Å². The van der Waals surface area contributed by atoms with Crippen molar-refractivity contribution in [1.82, 2.24) is 4.90 Å². The van der Waals surface area contributed by atoms with Gasteiger partial charge in [0.25, 0.3) is 0 Å². The van der Waals surface area contributed by atoms with E-state index in [1.165, 1.54) is 11.3 Å². The van der Waals surface area contributed by atoms with Gasteiger partial charge in [0, 0.05) is 27.3 Å². The summed E-state index contributed by atoms with van der Waals surface area (Å²) in [7, 11) is 3.34. The third-order valence-corrected chi connectivity index (χ3v) is 4.84. The van der Waals surface area contributed by atoms with E-state index in [0.29, 0.717) is 22.3 Å². The first-order chi connectivity index (χ1) is 9.06. The predicted octanol–water partition coefficient (Wildman–Crippen LogP) is 2.32. The number of hydrogen-bond donors (Lipinski definition) is 0. The van der Waals surface area contributed by atoms with Gasteiger partial charge in [-0.15, -0.1) is 11.3 Å². The average Bonchev–Trinajstić information content (AvgIpc) is 3.02. The molecule has 19 heavy (non-hydrogen) atoms. The van der Waals surface area contributed by atoms with Gasteiger partial charge in [0.15, 0.2) is 5.78 Å². The van der Waals surface area contributed by atoms with Gasteiger partial charge in [-0.1, -0.05) is 11.6 Å². The maximum Gasteiger partial charge on any atom is 0.189 e. The number of thiophene rings is 1. The SMILES string of the molecule is COC1CN(C(C)C(=O)c2ccc(Cl)s2)CC1OC. The van der Waals surface area contributed by atoms with E-state index in [0.717, 1.165) is 0 Å². The van der Waals surface area contributed by atoms with Crippen LogP contribution in [0.3, 0.4) is 0 Å². The number of rotatable bonds is 5. The Bertz CT molecular complexity index is 439. The van der Waals surface area contributed by atoms with E-state index in [1.807, 2.05) is 6.92 Å². The summed E-state index contributed by atoms with van der Waals surface area (Å²) in [5.41, 5.74) is 0. The monoisotopic (exact) mass is 303 g/mol. The van der Waals surface area contributed by atoms with Crippen LogP contribution < -0.4 is 0 Å². The molecule has 0 radical (unpaired) electrons. The van der Waals surface area contributed by atoms with E-state index in [9.17, 15) is 4.79 Å². The zero-order valence-electron chi connectivity index (χ0n) is 11.3. The minimum Gasteiger partial charge on any atom is -0.377 e. The summed E-state index contributed by atoms with van der Waals surface area (Å²) in [5.74, 6) is 0.100. The Morgan fingerprint density at radius 3 is 2.37 bits per heavy atom. The van der Waals surface area contributed by atoms with E-state index in [2.05, 4.69) is 4.90 Å². The second-order valence-electron chi connectivity index (χ2n) is 4.65. The Hall–Kier alpha value is -0.460. The molecule has 0 aromatic carbocycles. The highest BCUT2D eigenvalue weighted by Crippen LogP contribution is 2.25. The van der Waals surface area contributed by atoms with Crippen molar-refractivity contribution >= 4 is 28.7 Å². The van der Waals surface area contributed by atoms with Crippen LogP contribution in [0.15, 0.2) is 12.1 Å². The number of ketones is 1. The van der Waals surface area contributed by atoms with Crippen LogP contribution in [-0.4, -0.2) is 56.2 Å². The van der Waals surface area contributed by atoms with Gasteiger partial charge in [0.1, 0.15) is 0 Å². The molecule has 0 N–H and O–H groups in total. The third-order valence-electron chi connectivity index (χ3n) is 3.59. The minimum atomic E-state index is -0.187. The molecule has 0 spiro atoms. The van der Waals surface area contributed by atoms with Crippen molar-refractivity contribution in [2.24, 2.45) is 0 Å². The van der Waals surface area contributed by atoms with Crippen molar-refractivity contribution in [2.45, 2.75) is 25.2 Å². The minimum absolute atomic E-state index is 0.0205. The molecule has 0 saturated carbocycles. The Labute approximate surface area is 122 Å². The fourth-order valence-corrected chi connectivity index (χ4v) is 3.42. The number of halogens is 1. The number of methoxy groups -OCH3 is 2. The largest absolute Gasteiger partial charge is 0.377 e. The first-order valence-corrected chi connectivity index (χ1v) is 7.35. The van der Waals surface area contributed by atoms with Gasteiger partial charge in [0.05, 0.1) is 27.5 Å². The lowest BCUT2D eigenvalue weighted by atomic mass is 10.1. The Morgan fingerprint density at radius 2 is 1.95 bits per heavy atom. The third kappa shape index (κ3) is 3.17. The Kier molecular flexibility index (Phi) is 4.97. The summed E-state index contributed by atoms with van der Waals surface area (Å²) in [6.07, 6.45) is 0.0411. The molecule has 0 amide bonds. The van der Waals surface area contributed by atoms with Crippen LogP contribution in [0.1, 0.15) is 16.6 Å². The maximum absolute atomic E-state index is 12.4. The Balaban J connectivity index is 2.04. The van der Waals surface area contributed by atoms with Crippen molar-refractivity contribution in [1.29, 1.82) is 0 Å². The molecule has 3 atom stereocenters. The molecule has 4 nitrogen and oxygen atoms in total. The molecular weight excluding hydrogens is 286 g/mol. The standard InChI is InChI=1S/C13H18ClNO3S/c1-8(13(16)11-4-5-12(14)19-11)15-6-9(17-2)10(7-15)18-3/h4-5,8-10H,6-7H2,1-3H3. The molecule has 1 aliphatic rings. The van der Waals surface area contributed by atoms with E-state index in [-0.39, 0.29) is 24.0 Å². The van der Waals surface area contributed by atoms with E-state index < -0.39 is 0 Å². The van der Waals surface area contributed by atoms with E-state index in [4.69, 9.17) is 21.1 Å². The second kappa shape index (κ2) is 6.33. The summed E-state index contributed by atoms with van der Waals surface area (Å²) in [5, 5.41) is 0. The topological polar surface area (TPSA) is 38.8 Å². The van der Waals surface area contributed by atoms with E-state index >= 15 is 0 Å². The highest BCUT2D eigenvalue weighted by molar-refractivity contribution is 7.18. The molecule has 106 valence electrons. The summed E-state index contributed by atoms with van der Waals surface area (Å²) >= 11 is 7.20. The fraction of sp³-hybridized carbons (Fsp3) is 0.615. The molecule has 3 unspecified atom stereocenters. The molecule has 1 saturated heterocycles. The summed E-state index contributed by atoms with van der Waals surface area (Å²) in [6.45, 7) is 3.34.